The van der Waals surface area contributed by atoms with Crippen LogP contribution in [0.5, 0.6) is 0 Å². The fourth-order valence-corrected chi connectivity index (χ4v) is 10.6. The highest BCUT2D eigenvalue weighted by Gasteiger charge is 2.66. The fourth-order valence-electron chi connectivity index (χ4n) is 7.37. The molecule has 0 N–H and O–H groups in total. The van der Waals surface area contributed by atoms with Crippen molar-refractivity contribution in [3.8, 4) is 0 Å². The van der Waals surface area contributed by atoms with E-state index < -0.39 is 17.3 Å². The predicted octanol–water partition coefficient (Wildman–Crippen LogP) is 7.08. The van der Waals surface area contributed by atoms with E-state index in [1.54, 1.807) is 0 Å². The largest absolute Gasteiger partial charge is 0.296 e. The monoisotopic (exact) mass is 656 g/mol. The Bertz CT molecular complexity index is 864. The molecule has 36 heavy (non-hydrogen) atoms. The molecule has 0 aromatic heterocycles. The number of Topliss-reactive ketones (excluding diaryl/α,β-unsaturated/α-hetero) is 4. The van der Waals surface area contributed by atoms with Gasteiger partial charge in [0, 0.05) is 47.3 Å². The molecule has 200 valence electrons. The first-order chi connectivity index (χ1) is 16.6. The number of hydrogen-bond acceptors (Lipinski definition) is 4. The zero-order valence-corrected chi connectivity index (χ0v) is 25.0. The number of fused-ring (bicyclic) bond motifs is 4. The second-order valence-electron chi connectivity index (χ2n) is 11.1. The Morgan fingerprint density at radius 1 is 0.361 bits per heavy atom. The number of carbonyl (C=O) groups excluding carboxylic acids is 4. The summed E-state index contributed by atoms with van der Waals surface area (Å²) in [6.45, 7) is 0. The van der Waals surface area contributed by atoms with Crippen molar-refractivity contribution < 1.29 is 19.2 Å². The molecule has 0 radical (unpaired) electrons. The highest BCUT2D eigenvalue weighted by Crippen LogP contribution is 2.61. The smallest absolute Gasteiger partial charge is 0.179 e. The van der Waals surface area contributed by atoms with Crippen LogP contribution in [0.1, 0.15) is 51.4 Å². The number of carbonyl (C=O) groups is 4. The van der Waals surface area contributed by atoms with E-state index in [2.05, 4.69) is 0 Å². The van der Waals surface area contributed by atoms with E-state index in [1.165, 1.54) is 0 Å². The van der Waals surface area contributed by atoms with Crippen LogP contribution in [-0.4, -0.2) is 40.5 Å². The van der Waals surface area contributed by atoms with Crippen molar-refractivity contribution in [3.05, 3.63) is 0 Å². The van der Waals surface area contributed by atoms with Gasteiger partial charge in [-0.2, -0.15) is 0 Å². The second kappa shape index (κ2) is 9.26. The van der Waals surface area contributed by atoms with Crippen molar-refractivity contribution in [1.82, 2.24) is 0 Å². The molecule has 0 aromatic rings. The molecule has 6 aliphatic carbocycles. The van der Waals surface area contributed by atoms with Crippen LogP contribution in [0.25, 0.3) is 0 Å². The van der Waals surface area contributed by atoms with Gasteiger partial charge in [0.25, 0.3) is 0 Å². The van der Waals surface area contributed by atoms with E-state index in [0.717, 1.165) is 0 Å². The maximum Gasteiger partial charge on any atom is 0.179 e. The third kappa shape index (κ3) is 3.97. The number of halogens is 8. The quantitative estimate of drug-likeness (QED) is 0.261. The molecule has 0 unspecified atom stereocenters. The van der Waals surface area contributed by atoms with Crippen LogP contribution in [-0.2, 0) is 19.2 Å². The minimum atomic E-state index is -1.25. The summed E-state index contributed by atoms with van der Waals surface area (Å²) in [7, 11) is 0. The Hall–Kier alpha value is 1.000. The van der Waals surface area contributed by atoms with E-state index in [4.69, 9.17) is 92.8 Å². The Labute approximate surface area is 249 Å². The zero-order valence-electron chi connectivity index (χ0n) is 18.9. The van der Waals surface area contributed by atoms with E-state index in [1.807, 2.05) is 0 Å². The lowest BCUT2D eigenvalue weighted by Crippen LogP contribution is -2.61. The molecule has 6 rings (SSSR count). The average molecular weight is 660 g/mol. The van der Waals surface area contributed by atoms with Crippen molar-refractivity contribution in [2.75, 3.05) is 0 Å². The Kier molecular flexibility index (Phi) is 7.34. The lowest BCUT2D eigenvalue weighted by atomic mass is 9.58. The number of alkyl halides is 8. The van der Waals surface area contributed by atoms with Gasteiger partial charge >= 0.3 is 0 Å². The second-order valence-corrected chi connectivity index (χ2v) is 16.7. The van der Waals surface area contributed by atoms with Crippen LogP contribution in [0.15, 0.2) is 0 Å². The predicted molar refractivity (Wildman–Crippen MR) is 143 cm³/mol. The third-order valence-corrected chi connectivity index (χ3v) is 13.4. The Morgan fingerprint density at radius 2 is 0.528 bits per heavy atom. The summed E-state index contributed by atoms with van der Waals surface area (Å²) in [6.07, 6.45) is 5.50. The molecule has 6 saturated carbocycles. The van der Waals surface area contributed by atoms with Crippen molar-refractivity contribution in [1.29, 1.82) is 0 Å². The Morgan fingerprint density at radius 3 is 0.694 bits per heavy atom. The third-order valence-electron chi connectivity index (χ3n) is 9.62. The van der Waals surface area contributed by atoms with Gasteiger partial charge in [0.15, 0.2) is 40.5 Å². The van der Waals surface area contributed by atoms with E-state index in [-0.39, 0.29) is 70.5 Å². The molecule has 8 atom stereocenters. The van der Waals surface area contributed by atoms with Crippen LogP contribution in [0.2, 0.25) is 0 Å². The highest BCUT2D eigenvalue weighted by molar-refractivity contribution is 6.62. The van der Waals surface area contributed by atoms with E-state index in [9.17, 15) is 19.2 Å². The summed E-state index contributed by atoms with van der Waals surface area (Å²) in [6, 6.07) is 0. The van der Waals surface area contributed by atoms with Gasteiger partial charge in [-0.1, -0.05) is 92.8 Å². The summed E-state index contributed by atoms with van der Waals surface area (Å²) in [5.41, 5.74) is 0. The number of hydrogen-bond donors (Lipinski definition) is 0. The summed E-state index contributed by atoms with van der Waals surface area (Å²) in [4.78, 5) is 47.3. The first-order valence-electron chi connectivity index (χ1n) is 12.2. The molecule has 4 nitrogen and oxygen atoms in total. The molecule has 0 saturated heterocycles. The number of rotatable bonds is 0. The van der Waals surface area contributed by atoms with Gasteiger partial charge in [-0.3, -0.25) is 19.2 Å². The molecule has 6 fully saturated rings. The van der Waals surface area contributed by atoms with Crippen LogP contribution in [0, 0.1) is 47.3 Å². The molecule has 0 aromatic carbocycles. The molecule has 12 heteroatoms. The van der Waals surface area contributed by atoms with Gasteiger partial charge in [-0.05, 0) is 51.4 Å². The average Bonchev–Trinajstić information content (AvgIpc) is 2.78. The minimum Gasteiger partial charge on any atom is -0.296 e. The Balaban J connectivity index is 0.000000148. The minimum absolute atomic E-state index is 0.0252. The van der Waals surface area contributed by atoms with Crippen molar-refractivity contribution in [2.24, 2.45) is 47.3 Å². The van der Waals surface area contributed by atoms with Gasteiger partial charge < -0.3 is 0 Å². The van der Waals surface area contributed by atoms with Crippen LogP contribution >= 0.6 is 92.8 Å². The lowest BCUT2D eigenvalue weighted by Gasteiger charge is -2.53. The molecule has 0 aliphatic heterocycles. The van der Waals surface area contributed by atoms with E-state index >= 15 is 0 Å². The van der Waals surface area contributed by atoms with E-state index in [0.29, 0.717) is 51.4 Å². The molecule has 0 bridgehead atoms. The van der Waals surface area contributed by atoms with Gasteiger partial charge in [0.05, 0.1) is 0 Å². The maximum absolute atomic E-state index is 11.8. The molecule has 0 heterocycles. The molecule has 6 aliphatic rings. The van der Waals surface area contributed by atoms with Gasteiger partial charge in [-0.25, -0.2) is 0 Å². The van der Waals surface area contributed by atoms with Gasteiger partial charge in [0.2, 0.25) is 0 Å². The normalized spacial score (nSPS) is 44.9. The topological polar surface area (TPSA) is 68.3 Å². The van der Waals surface area contributed by atoms with Crippen molar-refractivity contribution in [3.63, 3.8) is 0 Å². The molecular formula is C24H24Cl8O4. The molecule has 0 spiro atoms. The SMILES string of the molecule is O=C1[C@@H]2CC[C@H]3[C@@H](CC[C@@H]2C1(Cl)Cl)C(=O)C3(Cl)Cl.O=C1[C@H]2CC[C@@H]3[C@H](CC[C@H]2C1(Cl)Cl)C(=O)C3(Cl)Cl. The zero-order chi connectivity index (χ0) is 26.6. The molecular weight excluding hydrogens is 636 g/mol. The van der Waals surface area contributed by atoms with Crippen LogP contribution < -0.4 is 0 Å². The van der Waals surface area contributed by atoms with Crippen molar-refractivity contribution >= 4 is 116 Å². The highest BCUT2D eigenvalue weighted by atomic mass is 35.5. The summed E-state index contributed by atoms with van der Waals surface area (Å²) < 4.78 is -4.99. The van der Waals surface area contributed by atoms with Crippen LogP contribution in [0.4, 0.5) is 0 Å². The first-order valence-corrected chi connectivity index (χ1v) is 15.3. The molecule has 0 amide bonds. The van der Waals surface area contributed by atoms with Gasteiger partial charge in [0.1, 0.15) is 0 Å². The summed E-state index contributed by atoms with van der Waals surface area (Å²) in [5, 5.41) is 0. The standard InChI is InChI=1S/2C12H12Cl4O2/c2*13-11(14)7-3-1-5-8(12(15,16)9(5)17)4-2-6(7)10(11)18/h2*5-8H,1-4H2/t2*5-,6-,7+,8+/m10/s1. The van der Waals surface area contributed by atoms with Crippen molar-refractivity contribution in [2.45, 2.75) is 68.7 Å². The summed E-state index contributed by atoms with van der Waals surface area (Å²) in [5.74, 6) is -0.784. The van der Waals surface area contributed by atoms with Crippen LogP contribution in [0.3, 0.4) is 0 Å². The lowest BCUT2D eigenvalue weighted by molar-refractivity contribution is -0.144. The van der Waals surface area contributed by atoms with Gasteiger partial charge in [-0.15, -0.1) is 0 Å². The summed E-state index contributed by atoms with van der Waals surface area (Å²) >= 11 is 48.2. The number of ketones is 4. The first kappa shape index (κ1) is 28.5. The fraction of sp³-hybridized carbons (Fsp3) is 0.833. The maximum atomic E-state index is 11.8.